The Morgan fingerprint density at radius 1 is 1.33 bits per heavy atom. The number of benzene rings is 1. The van der Waals surface area contributed by atoms with E-state index in [0.717, 1.165) is 60.2 Å². The monoisotopic (exact) mass is 407 g/mol. The molecule has 10 heteroatoms. The zero-order valence-electron chi connectivity index (χ0n) is 14.9. The Hall–Kier alpha value is -2.17. The van der Waals surface area contributed by atoms with Gasteiger partial charge in [-0.3, -0.25) is 4.72 Å². The maximum absolute atomic E-state index is 11.4. The molecular weight excluding hydrogens is 386 g/mol. The number of fused-ring (bicyclic) bond motifs is 1. The van der Waals surface area contributed by atoms with E-state index in [1.807, 2.05) is 12.3 Å². The number of aromatic nitrogens is 3. The molecule has 3 aromatic rings. The van der Waals surface area contributed by atoms with Crippen LogP contribution >= 0.6 is 11.3 Å². The summed E-state index contributed by atoms with van der Waals surface area (Å²) in [5.41, 5.74) is 2.10. The summed E-state index contributed by atoms with van der Waals surface area (Å²) in [5.74, 6) is 0.621. The van der Waals surface area contributed by atoms with Crippen LogP contribution in [0.3, 0.4) is 0 Å². The number of hydrogen-bond donors (Lipinski definition) is 2. The van der Waals surface area contributed by atoms with Gasteiger partial charge in [0.15, 0.2) is 0 Å². The number of anilines is 2. The molecule has 1 aromatic carbocycles. The van der Waals surface area contributed by atoms with Gasteiger partial charge in [0.1, 0.15) is 0 Å². The molecule has 0 atom stereocenters. The molecule has 144 valence electrons. The second kappa shape index (κ2) is 7.45. The lowest BCUT2D eigenvalue weighted by molar-refractivity contribution is 0.0699. The average molecular weight is 408 g/mol. The fourth-order valence-electron chi connectivity index (χ4n) is 3.05. The smallest absolute Gasteiger partial charge is 0.229 e. The van der Waals surface area contributed by atoms with Gasteiger partial charge >= 0.3 is 0 Å². The summed E-state index contributed by atoms with van der Waals surface area (Å²) in [4.78, 5) is 5.41. The van der Waals surface area contributed by atoms with Crippen molar-refractivity contribution < 1.29 is 13.2 Å². The summed E-state index contributed by atoms with van der Waals surface area (Å²) in [6.45, 7) is 2.57. The molecule has 8 nitrogen and oxygen atoms in total. The van der Waals surface area contributed by atoms with Crippen LogP contribution < -0.4 is 10.0 Å². The quantitative estimate of drug-likeness (QED) is 0.652. The first-order valence-electron chi connectivity index (χ1n) is 8.72. The largest absolute Gasteiger partial charge is 0.381 e. The molecule has 0 amide bonds. The number of imidazole rings is 1. The molecule has 0 saturated carbocycles. The van der Waals surface area contributed by atoms with Crippen molar-refractivity contribution >= 4 is 37.1 Å². The van der Waals surface area contributed by atoms with E-state index in [-0.39, 0.29) is 0 Å². The lowest BCUT2D eigenvalue weighted by Crippen LogP contribution is -2.22. The molecule has 0 bridgehead atoms. The van der Waals surface area contributed by atoms with Crippen LogP contribution in [0.2, 0.25) is 0 Å². The normalized spacial score (nSPS) is 15.9. The molecule has 1 fully saturated rings. The topological polar surface area (TPSA) is 97.6 Å². The second-order valence-electron chi connectivity index (χ2n) is 6.65. The summed E-state index contributed by atoms with van der Waals surface area (Å²) in [6.07, 6.45) is 5.14. The van der Waals surface area contributed by atoms with Crippen molar-refractivity contribution in [2.75, 3.05) is 36.1 Å². The van der Waals surface area contributed by atoms with Crippen LogP contribution in [-0.2, 0) is 14.8 Å². The molecule has 2 aromatic heterocycles. The predicted molar refractivity (Wildman–Crippen MR) is 107 cm³/mol. The first-order chi connectivity index (χ1) is 13.0. The van der Waals surface area contributed by atoms with Crippen molar-refractivity contribution in [1.82, 2.24) is 14.6 Å². The number of sulfonamides is 1. The van der Waals surface area contributed by atoms with Gasteiger partial charge in [-0.2, -0.15) is 0 Å². The van der Waals surface area contributed by atoms with Crippen molar-refractivity contribution in [3.63, 3.8) is 0 Å². The molecule has 4 rings (SSSR count). The summed E-state index contributed by atoms with van der Waals surface area (Å²) in [6, 6.07) is 7.16. The van der Waals surface area contributed by atoms with Gasteiger partial charge < -0.3 is 10.1 Å². The first kappa shape index (κ1) is 18.2. The van der Waals surface area contributed by atoms with Gasteiger partial charge in [-0.25, -0.2) is 17.9 Å². The second-order valence-corrected chi connectivity index (χ2v) is 9.36. The summed E-state index contributed by atoms with van der Waals surface area (Å²) in [7, 11) is -3.31. The van der Waals surface area contributed by atoms with Gasteiger partial charge in [-0.15, -0.1) is 5.10 Å². The zero-order valence-corrected chi connectivity index (χ0v) is 16.5. The number of nitrogens with zero attached hydrogens (tertiary/aromatic N) is 3. The van der Waals surface area contributed by atoms with Crippen LogP contribution in [0.4, 0.5) is 10.8 Å². The Morgan fingerprint density at radius 2 is 2.15 bits per heavy atom. The highest BCUT2D eigenvalue weighted by Crippen LogP contribution is 2.27. The SMILES string of the molecule is CS(=O)(=O)Nc1cccc(-c2cn3nc(NCC4CCOCC4)sc3n2)c1. The van der Waals surface area contributed by atoms with Crippen LogP contribution in [0, 0.1) is 5.92 Å². The van der Waals surface area contributed by atoms with Crippen LogP contribution in [0.25, 0.3) is 16.2 Å². The van der Waals surface area contributed by atoms with Crippen LogP contribution in [0.5, 0.6) is 0 Å². The average Bonchev–Trinajstić information content (AvgIpc) is 3.18. The highest BCUT2D eigenvalue weighted by molar-refractivity contribution is 7.92. The number of nitrogens with one attached hydrogen (secondary N) is 2. The maximum atomic E-state index is 11.4. The van der Waals surface area contributed by atoms with E-state index in [1.54, 1.807) is 22.7 Å². The van der Waals surface area contributed by atoms with E-state index in [1.165, 1.54) is 11.3 Å². The van der Waals surface area contributed by atoms with E-state index >= 15 is 0 Å². The van der Waals surface area contributed by atoms with E-state index in [4.69, 9.17) is 4.74 Å². The van der Waals surface area contributed by atoms with Crippen molar-refractivity contribution in [2.24, 2.45) is 5.92 Å². The zero-order chi connectivity index (χ0) is 18.9. The van der Waals surface area contributed by atoms with Crippen LogP contribution in [-0.4, -0.2) is 49.0 Å². The molecule has 27 heavy (non-hydrogen) atoms. The lowest BCUT2D eigenvalue weighted by Gasteiger charge is -2.21. The van der Waals surface area contributed by atoms with Crippen LogP contribution in [0.1, 0.15) is 12.8 Å². The van der Waals surface area contributed by atoms with E-state index in [2.05, 4.69) is 20.1 Å². The third-order valence-electron chi connectivity index (χ3n) is 4.39. The van der Waals surface area contributed by atoms with Crippen LogP contribution in [0.15, 0.2) is 30.5 Å². The Morgan fingerprint density at radius 3 is 2.89 bits per heavy atom. The molecule has 1 aliphatic rings. The molecule has 1 aliphatic heterocycles. The minimum atomic E-state index is -3.31. The highest BCUT2D eigenvalue weighted by atomic mass is 32.2. The van der Waals surface area contributed by atoms with Gasteiger partial charge in [0.05, 0.1) is 18.1 Å². The number of ether oxygens (including phenoxy) is 1. The van der Waals surface area contributed by atoms with E-state index in [9.17, 15) is 8.42 Å². The molecular formula is C17H21N5O3S2. The van der Waals surface area contributed by atoms with Gasteiger partial charge in [-0.05, 0) is 30.9 Å². The number of rotatable bonds is 6. The number of hydrogen-bond acceptors (Lipinski definition) is 7. The molecule has 0 radical (unpaired) electrons. The van der Waals surface area contributed by atoms with E-state index < -0.39 is 10.0 Å². The van der Waals surface area contributed by atoms with Crippen molar-refractivity contribution in [3.05, 3.63) is 30.5 Å². The summed E-state index contributed by atoms with van der Waals surface area (Å²) in [5, 5.41) is 8.79. The fourth-order valence-corrected chi connectivity index (χ4v) is 4.39. The van der Waals surface area contributed by atoms with Gasteiger partial charge in [0.25, 0.3) is 0 Å². The Kier molecular flexibility index (Phi) is 5.02. The standard InChI is InChI=1S/C17H21N5O3S2/c1-27(23,24)21-14-4-2-3-13(9-14)15-11-22-17(19-15)26-16(20-22)18-10-12-5-7-25-8-6-12/h2-4,9,11-12,21H,5-8,10H2,1H3,(H,18,20). The minimum absolute atomic E-state index is 0.512. The van der Waals surface area contributed by atoms with Crippen molar-refractivity contribution in [1.29, 1.82) is 0 Å². The summed E-state index contributed by atoms with van der Waals surface area (Å²) >= 11 is 1.50. The fraction of sp³-hybridized carbons (Fsp3) is 0.412. The Labute approximate surface area is 161 Å². The third-order valence-corrected chi connectivity index (χ3v) is 5.87. The molecule has 0 aliphatic carbocycles. The van der Waals surface area contributed by atoms with Crippen molar-refractivity contribution in [2.45, 2.75) is 12.8 Å². The first-order valence-corrected chi connectivity index (χ1v) is 11.4. The third kappa shape index (κ3) is 4.57. The minimum Gasteiger partial charge on any atom is -0.381 e. The lowest BCUT2D eigenvalue weighted by atomic mass is 10.0. The molecule has 1 saturated heterocycles. The molecule has 3 heterocycles. The van der Waals surface area contributed by atoms with Gasteiger partial charge in [0.2, 0.25) is 20.1 Å². The summed E-state index contributed by atoms with van der Waals surface area (Å²) < 4.78 is 32.4. The Balaban J connectivity index is 1.48. The van der Waals surface area contributed by atoms with Gasteiger partial charge in [-0.1, -0.05) is 23.5 Å². The van der Waals surface area contributed by atoms with E-state index in [0.29, 0.717) is 11.6 Å². The maximum Gasteiger partial charge on any atom is 0.229 e. The molecule has 2 N–H and O–H groups in total. The van der Waals surface area contributed by atoms with Gasteiger partial charge in [0, 0.05) is 31.0 Å². The highest BCUT2D eigenvalue weighted by Gasteiger charge is 2.15. The molecule has 0 spiro atoms. The Bertz CT molecular complexity index is 1010. The van der Waals surface area contributed by atoms with Crippen molar-refractivity contribution in [3.8, 4) is 11.3 Å². The predicted octanol–water partition coefficient (Wildman–Crippen LogP) is 2.67. The molecule has 0 unspecified atom stereocenters.